The van der Waals surface area contributed by atoms with Gasteiger partial charge in [0.2, 0.25) is 0 Å². The lowest BCUT2D eigenvalue weighted by atomic mass is 9.86. The molecule has 0 heterocycles. The first kappa shape index (κ1) is 12.1. The molecule has 1 atom stereocenters. The zero-order valence-electron chi connectivity index (χ0n) is 9.79. The maximum Gasteiger partial charge on any atom is 0.0921 e. The molecule has 0 N–H and O–H groups in total. The third kappa shape index (κ3) is 3.08. The quantitative estimate of drug-likeness (QED) is 0.734. The van der Waals surface area contributed by atoms with Crippen LogP contribution in [0.2, 0.25) is 0 Å². The van der Waals surface area contributed by atoms with Crippen molar-refractivity contribution in [1.82, 2.24) is 0 Å². The van der Waals surface area contributed by atoms with Gasteiger partial charge in [0.05, 0.1) is 12.7 Å². The number of hydrogen-bond acceptors (Lipinski definition) is 1. The maximum absolute atomic E-state index is 5.99. The van der Waals surface area contributed by atoms with Crippen molar-refractivity contribution in [2.75, 3.05) is 11.9 Å². The van der Waals surface area contributed by atoms with Crippen LogP contribution in [0, 0.1) is 12.8 Å². The molecule has 0 bridgehead atoms. The van der Waals surface area contributed by atoms with E-state index in [2.05, 4.69) is 47.1 Å². The summed E-state index contributed by atoms with van der Waals surface area (Å²) in [5.41, 5.74) is 2.59. The van der Waals surface area contributed by atoms with Crippen LogP contribution in [-0.4, -0.2) is 11.9 Å². The zero-order chi connectivity index (χ0) is 11.4. The summed E-state index contributed by atoms with van der Waals surface area (Å²) < 4.78 is 5.99. The summed E-state index contributed by atoms with van der Waals surface area (Å²) in [6.07, 6.45) is 4.30. The second kappa shape index (κ2) is 5.83. The smallest absolute Gasteiger partial charge is 0.0921 e. The zero-order valence-corrected chi connectivity index (χ0v) is 11.4. The van der Waals surface area contributed by atoms with Gasteiger partial charge in [-0.05, 0) is 31.2 Å². The highest BCUT2D eigenvalue weighted by Crippen LogP contribution is 2.29. The summed E-state index contributed by atoms with van der Waals surface area (Å²) in [6, 6.07) is 8.60. The highest BCUT2D eigenvalue weighted by atomic mass is 79.9. The Morgan fingerprint density at radius 1 is 1.44 bits per heavy atom. The Kier molecular flexibility index (Phi) is 4.42. The Bertz CT molecular complexity index is 333. The van der Waals surface area contributed by atoms with Crippen molar-refractivity contribution in [2.24, 2.45) is 5.92 Å². The van der Waals surface area contributed by atoms with Crippen LogP contribution < -0.4 is 0 Å². The highest BCUT2D eigenvalue weighted by molar-refractivity contribution is 9.09. The van der Waals surface area contributed by atoms with E-state index in [0.29, 0.717) is 0 Å². The average molecular weight is 283 g/mol. The van der Waals surface area contributed by atoms with Crippen molar-refractivity contribution in [3.8, 4) is 0 Å². The summed E-state index contributed by atoms with van der Waals surface area (Å²) in [5.74, 6) is 0.811. The van der Waals surface area contributed by atoms with E-state index in [-0.39, 0.29) is 6.10 Å². The van der Waals surface area contributed by atoms with Gasteiger partial charge in [-0.2, -0.15) is 0 Å². The van der Waals surface area contributed by atoms with Crippen molar-refractivity contribution in [3.05, 3.63) is 35.4 Å². The van der Waals surface area contributed by atoms with Crippen LogP contribution in [0.1, 0.15) is 36.5 Å². The van der Waals surface area contributed by atoms with E-state index in [1.54, 1.807) is 0 Å². The second-order valence-electron chi connectivity index (χ2n) is 4.69. The summed E-state index contributed by atoms with van der Waals surface area (Å²) in [4.78, 5) is 0. The number of benzene rings is 1. The lowest BCUT2D eigenvalue weighted by molar-refractivity contribution is 0.0224. The Morgan fingerprint density at radius 3 is 2.81 bits per heavy atom. The molecule has 88 valence electrons. The van der Waals surface area contributed by atoms with Gasteiger partial charge in [0.25, 0.3) is 0 Å². The molecule has 0 spiro atoms. The maximum atomic E-state index is 5.99. The van der Waals surface area contributed by atoms with Gasteiger partial charge in [-0.1, -0.05) is 52.2 Å². The Morgan fingerprint density at radius 2 is 2.25 bits per heavy atom. The van der Waals surface area contributed by atoms with Gasteiger partial charge < -0.3 is 4.74 Å². The fourth-order valence-electron chi connectivity index (χ4n) is 2.01. The summed E-state index contributed by atoms with van der Waals surface area (Å²) in [5, 5.41) is 0.878. The predicted molar refractivity (Wildman–Crippen MR) is 71.0 cm³/mol. The molecule has 0 amide bonds. The second-order valence-corrected chi connectivity index (χ2v) is 5.33. The summed E-state index contributed by atoms with van der Waals surface area (Å²) >= 11 is 3.54. The monoisotopic (exact) mass is 282 g/mol. The van der Waals surface area contributed by atoms with E-state index in [0.717, 1.165) is 17.9 Å². The molecule has 2 rings (SSSR count). The largest absolute Gasteiger partial charge is 0.372 e. The molecule has 0 aromatic heterocycles. The van der Waals surface area contributed by atoms with E-state index in [9.17, 15) is 0 Å². The first-order valence-corrected chi connectivity index (χ1v) is 7.16. The van der Waals surface area contributed by atoms with Crippen LogP contribution in [-0.2, 0) is 4.74 Å². The van der Waals surface area contributed by atoms with Gasteiger partial charge in [0, 0.05) is 5.33 Å². The molecule has 2 heteroatoms. The van der Waals surface area contributed by atoms with Crippen LogP contribution in [0.3, 0.4) is 0 Å². The first-order chi connectivity index (χ1) is 7.79. The van der Waals surface area contributed by atoms with Crippen LogP contribution in [0.5, 0.6) is 0 Å². The number of alkyl halides is 1. The first-order valence-electron chi connectivity index (χ1n) is 6.03. The lowest BCUT2D eigenvalue weighted by Gasteiger charge is -2.27. The average Bonchev–Trinajstić information content (AvgIpc) is 2.22. The van der Waals surface area contributed by atoms with Crippen LogP contribution in [0.4, 0.5) is 0 Å². The normalized spacial score (nSPS) is 18.1. The third-order valence-electron chi connectivity index (χ3n) is 3.31. The fraction of sp³-hybridized carbons (Fsp3) is 0.571. The minimum Gasteiger partial charge on any atom is -0.372 e. The Labute approximate surface area is 106 Å². The number of ether oxygens (including phenoxy) is 1. The third-order valence-corrected chi connectivity index (χ3v) is 3.90. The molecular weight excluding hydrogens is 264 g/mol. The molecule has 1 aromatic carbocycles. The number of aryl methyl sites for hydroxylation is 1. The van der Waals surface area contributed by atoms with Crippen LogP contribution >= 0.6 is 15.9 Å². The molecular formula is C14H19BrO. The number of halogens is 1. The SMILES string of the molecule is Cc1cccc(C(CBr)OCC2CCC2)c1. The van der Waals surface area contributed by atoms with Crippen molar-refractivity contribution < 1.29 is 4.74 Å². The van der Waals surface area contributed by atoms with Crippen molar-refractivity contribution in [2.45, 2.75) is 32.3 Å². The van der Waals surface area contributed by atoms with Gasteiger partial charge in [-0.15, -0.1) is 0 Å². The predicted octanol–water partition coefficient (Wildman–Crippen LogP) is 4.25. The van der Waals surface area contributed by atoms with E-state index < -0.39 is 0 Å². The Balaban J connectivity index is 1.92. The molecule has 0 radical (unpaired) electrons. The molecule has 0 aliphatic heterocycles. The van der Waals surface area contributed by atoms with Crippen LogP contribution in [0.15, 0.2) is 24.3 Å². The number of rotatable bonds is 5. The molecule has 1 saturated carbocycles. The molecule has 1 fully saturated rings. The van der Waals surface area contributed by atoms with Gasteiger partial charge in [-0.25, -0.2) is 0 Å². The van der Waals surface area contributed by atoms with E-state index in [1.165, 1.54) is 30.4 Å². The molecule has 1 aromatic rings. The molecule has 1 aliphatic carbocycles. The van der Waals surface area contributed by atoms with E-state index in [4.69, 9.17) is 4.74 Å². The van der Waals surface area contributed by atoms with Gasteiger partial charge in [-0.3, -0.25) is 0 Å². The topological polar surface area (TPSA) is 9.23 Å². The highest BCUT2D eigenvalue weighted by Gasteiger charge is 2.20. The fourth-order valence-corrected chi connectivity index (χ4v) is 2.57. The standard InChI is InChI=1S/C14H19BrO/c1-11-4-2-7-13(8-11)14(9-15)16-10-12-5-3-6-12/h2,4,7-8,12,14H,3,5-6,9-10H2,1H3. The minimum absolute atomic E-state index is 0.209. The summed E-state index contributed by atoms with van der Waals surface area (Å²) in [7, 11) is 0. The van der Waals surface area contributed by atoms with Gasteiger partial charge in [0.15, 0.2) is 0 Å². The van der Waals surface area contributed by atoms with Gasteiger partial charge in [0.1, 0.15) is 0 Å². The molecule has 1 nitrogen and oxygen atoms in total. The molecule has 0 saturated heterocycles. The lowest BCUT2D eigenvalue weighted by Crippen LogP contribution is -2.20. The Hall–Kier alpha value is -0.340. The summed E-state index contributed by atoms with van der Waals surface area (Å²) in [6.45, 7) is 3.05. The van der Waals surface area contributed by atoms with Crippen molar-refractivity contribution in [3.63, 3.8) is 0 Å². The molecule has 1 aliphatic rings. The van der Waals surface area contributed by atoms with E-state index in [1.807, 2.05) is 0 Å². The van der Waals surface area contributed by atoms with Crippen molar-refractivity contribution >= 4 is 15.9 Å². The molecule has 16 heavy (non-hydrogen) atoms. The van der Waals surface area contributed by atoms with Crippen LogP contribution in [0.25, 0.3) is 0 Å². The minimum atomic E-state index is 0.209. The van der Waals surface area contributed by atoms with Crippen molar-refractivity contribution in [1.29, 1.82) is 0 Å². The van der Waals surface area contributed by atoms with E-state index >= 15 is 0 Å². The molecule has 1 unspecified atom stereocenters. The van der Waals surface area contributed by atoms with Gasteiger partial charge >= 0.3 is 0 Å². The number of hydrogen-bond donors (Lipinski definition) is 0.